The number of carbonyl (C=O) groups is 1. The average molecular weight is 548 g/mol. The van der Waals surface area contributed by atoms with Gasteiger partial charge in [0.1, 0.15) is 23.1 Å². The minimum absolute atomic E-state index is 0.0511. The first-order valence-electron chi connectivity index (χ1n) is 9.35. The molecule has 1 aromatic heterocycles. The highest BCUT2D eigenvalue weighted by Gasteiger charge is 2.58. The third-order valence-electron chi connectivity index (χ3n) is 5.34. The summed E-state index contributed by atoms with van der Waals surface area (Å²) in [5.41, 5.74) is 1.22. The number of pyridine rings is 1. The number of aliphatic imine (C=N–C) groups is 1. The molecule has 0 bridgehead atoms. The van der Waals surface area contributed by atoms with Crippen LogP contribution in [0, 0.1) is 0 Å². The number of nitrogens with one attached hydrogen (secondary N) is 2. The highest BCUT2D eigenvalue weighted by molar-refractivity contribution is 9.10. The number of thiocarbonyl (C=S) groups is 1. The Kier molecular flexibility index (Phi) is 6.27. The lowest BCUT2D eigenvalue weighted by molar-refractivity contribution is -0.183. The molecule has 1 fully saturated rings. The van der Waals surface area contributed by atoms with Crippen LogP contribution < -0.4 is 10.8 Å². The second kappa shape index (κ2) is 8.69. The fourth-order valence-corrected chi connectivity index (χ4v) is 4.70. The Hall–Kier alpha value is -2.08. The van der Waals surface area contributed by atoms with Gasteiger partial charge in [-0.15, -0.1) is 0 Å². The van der Waals surface area contributed by atoms with E-state index in [1.165, 1.54) is 24.4 Å². The molecular weight excluding hydrogens is 533 g/mol. The number of hydrogen-bond donors (Lipinski definition) is 2. The second-order valence-corrected chi connectivity index (χ2v) is 9.17. The normalized spacial score (nSPS) is 23.1. The molecule has 2 N–H and O–H groups in total. The molecule has 6 nitrogen and oxygen atoms in total. The molecule has 12 heteroatoms. The molecular formula is C20H15BrClF3N4O2S. The number of benzene rings is 1. The lowest BCUT2D eigenvalue weighted by atomic mass is 9.77. The van der Waals surface area contributed by atoms with Gasteiger partial charge in [-0.25, -0.2) is 5.48 Å². The van der Waals surface area contributed by atoms with Crippen LogP contribution in [0.4, 0.5) is 13.2 Å². The van der Waals surface area contributed by atoms with E-state index in [9.17, 15) is 18.0 Å². The SMILES string of the molecule is O=C1NOCC1NC(=S)c1ccc(C2=NCC(c3cc(Cl)cc(Br)c3)(C(F)(F)F)C2)cn1. The van der Waals surface area contributed by atoms with E-state index in [1.807, 2.05) is 0 Å². The van der Waals surface area contributed by atoms with Crippen molar-refractivity contribution in [2.24, 2.45) is 4.99 Å². The van der Waals surface area contributed by atoms with Gasteiger partial charge in [0.2, 0.25) is 0 Å². The minimum atomic E-state index is -4.54. The third-order valence-corrected chi connectivity index (χ3v) is 6.34. The summed E-state index contributed by atoms with van der Waals surface area (Å²) in [4.78, 5) is 25.1. The molecule has 2 aromatic rings. The smallest absolute Gasteiger partial charge is 0.361 e. The minimum Gasteiger partial charge on any atom is -0.361 e. The fourth-order valence-electron chi connectivity index (χ4n) is 3.58. The molecule has 32 heavy (non-hydrogen) atoms. The summed E-state index contributed by atoms with van der Waals surface area (Å²) in [6.45, 7) is -0.329. The highest BCUT2D eigenvalue weighted by atomic mass is 79.9. The standard InChI is InChI=1S/C20H15BrClF3N4O2S/c21-12-3-11(4-13(22)5-12)19(20(23,24)25)6-15(27-9-19)10-1-2-14(26-7-10)18(32)28-16-8-31-29-17(16)30/h1-5,7,16H,6,8-9H2,(H,28,32)(H,29,30). The number of aromatic nitrogens is 1. The van der Waals surface area contributed by atoms with E-state index in [-0.39, 0.29) is 34.5 Å². The topological polar surface area (TPSA) is 75.6 Å². The molecule has 0 radical (unpaired) electrons. The average Bonchev–Trinajstić information content (AvgIpc) is 3.35. The number of halogens is 5. The maximum absolute atomic E-state index is 14.2. The summed E-state index contributed by atoms with van der Waals surface area (Å²) in [6.07, 6.45) is -3.45. The number of amides is 1. The van der Waals surface area contributed by atoms with Crippen molar-refractivity contribution in [3.05, 3.63) is 62.8 Å². The van der Waals surface area contributed by atoms with Crippen molar-refractivity contribution in [2.45, 2.75) is 24.1 Å². The Balaban J connectivity index is 1.55. The first kappa shape index (κ1) is 23.1. The van der Waals surface area contributed by atoms with Gasteiger partial charge in [0, 0.05) is 33.4 Å². The van der Waals surface area contributed by atoms with Crippen molar-refractivity contribution in [1.82, 2.24) is 15.8 Å². The van der Waals surface area contributed by atoms with E-state index >= 15 is 0 Å². The Labute approximate surface area is 199 Å². The van der Waals surface area contributed by atoms with E-state index in [0.717, 1.165) is 0 Å². The number of hydroxylamine groups is 1. The summed E-state index contributed by atoms with van der Waals surface area (Å²) < 4.78 is 43.2. The molecule has 0 saturated carbocycles. The second-order valence-electron chi connectivity index (χ2n) is 7.41. The van der Waals surface area contributed by atoms with Crippen LogP contribution in [0.2, 0.25) is 5.02 Å². The third kappa shape index (κ3) is 4.39. The molecule has 2 aliphatic heterocycles. The molecule has 4 rings (SSSR count). The maximum Gasteiger partial charge on any atom is 0.400 e. The van der Waals surface area contributed by atoms with Crippen LogP contribution in [0.3, 0.4) is 0 Å². The van der Waals surface area contributed by atoms with E-state index in [4.69, 9.17) is 28.7 Å². The van der Waals surface area contributed by atoms with Gasteiger partial charge in [-0.2, -0.15) is 13.2 Å². The van der Waals surface area contributed by atoms with Crippen LogP contribution in [0.15, 0.2) is 46.0 Å². The van der Waals surface area contributed by atoms with Crippen molar-refractivity contribution >= 4 is 56.4 Å². The zero-order chi connectivity index (χ0) is 23.1. The largest absolute Gasteiger partial charge is 0.400 e. The number of carbonyl (C=O) groups excluding carboxylic acids is 1. The zero-order valence-electron chi connectivity index (χ0n) is 16.2. The van der Waals surface area contributed by atoms with Crippen LogP contribution in [0.1, 0.15) is 23.2 Å². The Morgan fingerprint density at radius 2 is 2.12 bits per heavy atom. The van der Waals surface area contributed by atoms with Crippen LogP contribution in [-0.4, -0.2) is 47.0 Å². The van der Waals surface area contributed by atoms with Crippen molar-refractivity contribution < 1.29 is 22.8 Å². The van der Waals surface area contributed by atoms with E-state index in [2.05, 4.69) is 36.7 Å². The lowest BCUT2D eigenvalue weighted by Gasteiger charge is -2.31. The molecule has 0 aliphatic carbocycles. The molecule has 0 spiro atoms. The molecule has 2 atom stereocenters. The zero-order valence-corrected chi connectivity index (χ0v) is 19.3. The highest BCUT2D eigenvalue weighted by Crippen LogP contribution is 2.48. The molecule has 1 saturated heterocycles. The quantitative estimate of drug-likeness (QED) is 0.569. The van der Waals surface area contributed by atoms with Gasteiger partial charge in [0.05, 0.1) is 12.2 Å². The molecule has 2 aliphatic rings. The predicted octanol–water partition coefficient (Wildman–Crippen LogP) is 3.89. The summed E-state index contributed by atoms with van der Waals surface area (Å²) in [7, 11) is 0. The summed E-state index contributed by atoms with van der Waals surface area (Å²) >= 11 is 14.5. The predicted molar refractivity (Wildman–Crippen MR) is 120 cm³/mol. The summed E-state index contributed by atoms with van der Waals surface area (Å²) in [5.74, 6) is -0.347. The molecule has 1 aromatic carbocycles. The first-order chi connectivity index (χ1) is 15.1. The van der Waals surface area contributed by atoms with Gasteiger partial charge in [-0.1, -0.05) is 39.7 Å². The Bertz CT molecular complexity index is 1090. The van der Waals surface area contributed by atoms with Gasteiger partial charge in [0.15, 0.2) is 0 Å². The van der Waals surface area contributed by atoms with Crippen LogP contribution >= 0.6 is 39.7 Å². The molecule has 168 valence electrons. The van der Waals surface area contributed by atoms with E-state index in [1.54, 1.807) is 12.1 Å². The number of rotatable bonds is 4. The van der Waals surface area contributed by atoms with Gasteiger partial charge in [-0.05, 0) is 35.9 Å². The van der Waals surface area contributed by atoms with Gasteiger partial charge in [0.25, 0.3) is 5.91 Å². The van der Waals surface area contributed by atoms with Crippen LogP contribution in [0.5, 0.6) is 0 Å². The Morgan fingerprint density at radius 3 is 2.72 bits per heavy atom. The Morgan fingerprint density at radius 1 is 1.34 bits per heavy atom. The van der Waals surface area contributed by atoms with Crippen molar-refractivity contribution in [3.8, 4) is 0 Å². The van der Waals surface area contributed by atoms with Gasteiger partial charge >= 0.3 is 6.18 Å². The van der Waals surface area contributed by atoms with Crippen molar-refractivity contribution in [3.63, 3.8) is 0 Å². The van der Waals surface area contributed by atoms with E-state index < -0.39 is 24.2 Å². The van der Waals surface area contributed by atoms with Crippen molar-refractivity contribution in [1.29, 1.82) is 0 Å². The van der Waals surface area contributed by atoms with Crippen LogP contribution in [0.25, 0.3) is 0 Å². The maximum atomic E-state index is 14.2. The first-order valence-corrected chi connectivity index (χ1v) is 10.9. The molecule has 3 heterocycles. The number of nitrogens with zero attached hydrogens (tertiary/aromatic N) is 2. The van der Waals surface area contributed by atoms with E-state index in [0.29, 0.717) is 21.4 Å². The van der Waals surface area contributed by atoms with Gasteiger partial charge in [-0.3, -0.25) is 19.6 Å². The molecule has 1 amide bonds. The molecule has 2 unspecified atom stereocenters. The fraction of sp³-hybridized carbons (Fsp3) is 0.300. The monoisotopic (exact) mass is 546 g/mol. The van der Waals surface area contributed by atoms with Gasteiger partial charge < -0.3 is 5.32 Å². The summed E-state index contributed by atoms with van der Waals surface area (Å²) in [5, 5.41) is 3.04. The number of hydrogen-bond acceptors (Lipinski definition) is 5. The lowest BCUT2D eigenvalue weighted by Crippen LogP contribution is -2.43. The number of alkyl halides is 3. The summed E-state index contributed by atoms with van der Waals surface area (Å²) in [6, 6.07) is 6.84. The van der Waals surface area contributed by atoms with Crippen molar-refractivity contribution in [2.75, 3.05) is 13.2 Å². The van der Waals surface area contributed by atoms with Crippen LogP contribution in [-0.2, 0) is 15.0 Å².